The van der Waals surface area contributed by atoms with Crippen LogP contribution in [0.4, 0.5) is 0 Å². The zero-order valence-corrected chi connectivity index (χ0v) is 12.4. The van der Waals surface area contributed by atoms with Gasteiger partial charge in [0.05, 0.1) is 18.8 Å². The van der Waals surface area contributed by atoms with Gasteiger partial charge in [0.15, 0.2) is 0 Å². The van der Waals surface area contributed by atoms with E-state index >= 15 is 0 Å². The standard InChI is InChI=1S/C16H28N2O2/c17-13-7-5-12(6-8-13)11-16(19)18-9-10-20-15-4-2-1-3-14(15)18/h12-15H,1-11,17H2. The first kappa shape index (κ1) is 14.3. The summed E-state index contributed by atoms with van der Waals surface area (Å²) in [7, 11) is 0. The lowest BCUT2D eigenvalue weighted by Gasteiger charge is -2.44. The maximum atomic E-state index is 12.6. The quantitative estimate of drug-likeness (QED) is 0.842. The molecule has 3 fully saturated rings. The summed E-state index contributed by atoms with van der Waals surface area (Å²) in [5.41, 5.74) is 5.95. The van der Waals surface area contributed by atoms with Gasteiger partial charge in [0.2, 0.25) is 5.91 Å². The fourth-order valence-electron chi connectivity index (χ4n) is 4.16. The molecule has 20 heavy (non-hydrogen) atoms. The second-order valence-electron chi connectivity index (χ2n) is 6.83. The lowest BCUT2D eigenvalue weighted by atomic mass is 9.83. The zero-order chi connectivity index (χ0) is 13.9. The highest BCUT2D eigenvalue weighted by Crippen LogP contribution is 2.31. The second-order valence-corrected chi connectivity index (χ2v) is 6.83. The molecule has 1 saturated heterocycles. The molecule has 2 saturated carbocycles. The van der Waals surface area contributed by atoms with Crippen LogP contribution in [0.2, 0.25) is 0 Å². The molecular weight excluding hydrogens is 252 g/mol. The lowest BCUT2D eigenvalue weighted by molar-refractivity contribution is -0.150. The van der Waals surface area contributed by atoms with E-state index < -0.39 is 0 Å². The fraction of sp³-hybridized carbons (Fsp3) is 0.938. The Morgan fingerprint density at radius 1 is 1.10 bits per heavy atom. The van der Waals surface area contributed by atoms with Gasteiger partial charge in [-0.2, -0.15) is 0 Å². The lowest BCUT2D eigenvalue weighted by Crippen LogP contribution is -2.55. The van der Waals surface area contributed by atoms with E-state index in [2.05, 4.69) is 4.90 Å². The van der Waals surface area contributed by atoms with Crippen molar-refractivity contribution in [3.05, 3.63) is 0 Å². The van der Waals surface area contributed by atoms with Gasteiger partial charge in [0.25, 0.3) is 0 Å². The predicted octanol–water partition coefficient (Wildman–Crippen LogP) is 2.06. The Morgan fingerprint density at radius 2 is 1.85 bits per heavy atom. The number of carbonyl (C=O) groups excluding carboxylic acids is 1. The van der Waals surface area contributed by atoms with E-state index in [0.717, 1.165) is 58.1 Å². The van der Waals surface area contributed by atoms with Crippen LogP contribution in [0, 0.1) is 5.92 Å². The van der Waals surface area contributed by atoms with Gasteiger partial charge < -0.3 is 15.4 Å². The van der Waals surface area contributed by atoms with Crippen LogP contribution in [0.3, 0.4) is 0 Å². The smallest absolute Gasteiger partial charge is 0.223 e. The van der Waals surface area contributed by atoms with Crippen LogP contribution < -0.4 is 5.73 Å². The van der Waals surface area contributed by atoms with Gasteiger partial charge in [-0.05, 0) is 44.4 Å². The molecule has 0 aromatic heterocycles. The largest absolute Gasteiger partial charge is 0.374 e. The molecule has 0 spiro atoms. The minimum atomic E-state index is 0.307. The molecule has 2 aliphatic carbocycles. The summed E-state index contributed by atoms with van der Waals surface area (Å²) >= 11 is 0. The predicted molar refractivity (Wildman–Crippen MR) is 78.3 cm³/mol. The van der Waals surface area contributed by atoms with Crippen LogP contribution >= 0.6 is 0 Å². The molecule has 4 heteroatoms. The third kappa shape index (κ3) is 3.17. The van der Waals surface area contributed by atoms with Crippen molar-refractivity contribution in [1.82, 2.24) is 4.90 Å². The number of ether oxygens (including phenoxy) is 1. The van der Waals surface area contributed by atoms with Crippen LogP contribution in [0.15, 0.2) is 0 Å². The van der Waals surface area contributed by atoms with Crippen molar-refractivity contribution < 1.29 is 9.53 Å². The molecule has 0 bridgehead atoms. The van der Waals surface area contributed by atoms with Crippen molar-refractivity contribution in [1.29, 1.82) is 0 Å². The summed E-state index contributed by atoms with van der Waals surface area (Å²) in [5, 5.41) is 0. The van der Waals surface area contributed by atoms with Crippen LogP contribution in [-0.4, -0.2) is 42.1 Å². The molecule has 2 unspecified atom stereocenters. The van der Waals surface area contributed by atoms with Gasteiger partial charge in [0.1, 0.15) is 0 Å². The Morgan fingerprint density at radius 3 is 2.65 bits per heavy atom. The molecule has 3 aliphatic rings. The molecule has 0 radical (unpaired) electrons. The van der Waals surface area contributed by atoms with Crippen LogP contribution in [0.25, 0.3) is 0 Å². The Kier molecular flexibility index (Phi) is 4.61. The van der Waals surface area contributed by atoms with Crippen molar-refractivity contribution in [3.8, 4) is 0 Å². The number of hydrogen-bond donors (Lipinski definition) is 1. The first-order chi connectivity index (χ1) is 9.74. The van der Waals surface area contributed by atoms with Crippen LogP contribution in [-0.2, 0) is 9.53 Å². The maximum Gasteiger partial charge on any atom is 0.223 e. The average molecular weight is 280 g/mol. The second kappa shape index (κ2) is 6.44. The molecule has 2 atom stereocenters. The third-order valence-electron chi connectivity index (χ3n) is 5.41. The Bertz CT molecular complexity index is 337. The van der Waals surface area contributed by atoms with Crippen molar-refractivity contribution in [3.63, 3.8) is 0 Å². The molecule has 4 nitrogen and oxygen atoms in total. The minimum absolute atomic E-state index is 0.307. The third-order valence-corrected chi connectivity index (χ3v) is 5.41. The summed E-state index contributed by atoms with van der Waals surface area (Å²) in [4.78, 5) is 14.8. The Labute approximate surface area is 122 Å². The number of morpholine rings is 1. The van der Waals surface area contributed by atoms with Gasteiger partial charge in [-0.25, -0.2) is 0 Å². The molecule has 1 amide bonds. The summed E-state index contributed by atoms with van der Waals surface area (Å²) in [6, 6.07) is 0.725. The molecule has 0 aromatic carbocycles. The summed E-state index contributed by atoms with van der Waals surface area (Å²) in [5.74, 6) is 0.929. The molecule has 3 rings (SSSR count). The molecular formula is C16H28N2O2. The zero-order valence-electron chi connectivity index (χ0n) is 12.4. The van der Waals surface area contributed by atoms with Crippen molar-refractivity contribution in [2.75, 3.05) is 13.2 Å². The monoisotopic (exact) mass is 280 g/mol. The highest BCUT2D eigenvalue weighted by Gasteiger charge is 2.37. The highest BCUT2D eigenvalue weighted by molar-refractivity contribution is 5.77. The summed E-state index contributed by atoms with van der Waals surface area (Å²) in [6.07, 6.45) is 10.2. The number of amides is 1. The van der Waals surface area contributed by atoms with Crippen molar-refractivity contribution in [2.24, 2.45) is 11.7 Å². The van der Waals surface area contributed by atoms with Crippen LogP contribution in [0.1, 0.15) is 57.8 Å². The first-order valence-electron chi connectivity index (χ1n) is 8.40. The van der Waals surface area contributed by atoms with E-state index in [1.807, 2.05) is 0 Å². The topological polar surface area (TPSA) is 55.6 Å². The summed E-state index contributed by atoms with van der Waals surface area (Å²) < 4.78 is 5.86. The maximum absolute atomic E-state index is 12.6. The molecule has 1 heterocycles. The number of nitrogens with zero attached hydrogens (tertiary/aromatic N) is 1. The van der Waals surface area contributed by atoms with E-state index in [1.165, 1.54) is 12.8 Å². The average Bonchev–Trinajstić information content (AvgIpc) is 2.49. The van der Waals surface area contributed by atoms with Crippen LogP contribution in [0.5, 0.6) is 0 Å². The normalized spacial score (nSPS) is 38.4. The van der Waals surface area contributed by atoms with Gasteiger partial charge in [-0.15, -0.1) is 0 Å². The molecule has 114 valence electrons. The van der Waals surface area contributed by atoms with Gasteiger partial charge in [-0.3, -0.25) is 4.79 Å². The molecule has 0 aromatic rings. The van der Waals surface area contributed by atoms with E-state index in [1.54, 1.807) is 0 Å². The highest BCUT2D eigenvalue weighted by atomic mass is 16.5. The number of rotatable bonds is 2. The molecule has 1 aliphatic heterocycles. The van der Waals surface area contributed by atoms with Crippen molar-refractivity contribution >= 4 is 5.91 Å². The van der Waals surface area contributed by atoms with E-state index in [9.17, 15) is 4.79 Å². The van der Waals surface area contributed by atoms with Crippen molar-refractivity contribution in [2.45, 2.75) is 76.0 Å². The number of nitrogens with two attached hydrogens (primary N) is 1. The first-order valence-corrected chi connectivity index (χ1v) is 8.40. The van der Waals surface area contributed by atoms with Gasteiger partial charge in [-0.1, -0.05) is 12.8 Å². The molecule has 2 N–H and O–H groups in total. The summed E-state index contributed by atoms with van der Waals surface area (Å²) in [6.45, 7) is 1.52. The number of fused-ring (bicyclic) bond motifs is 1. The van der Waals surface area contributed by atoms with Gasteiger partial charge >= 0.3 is 0 Å². The Hall–Kier alpha value is -0.610. The van der Waals surface area contributed by atoms with E-state index in [0.29, 0.717) is 30.0 Å². The van der Waals surface area contributed by atoms with E-state index in [-0.39, 0.29) is 0 Å². The number of carbonyl (C=O) groups is 1. The number of hydrogen-bond acceptors (Lipinski definition) is 3. The fourth-order valence-corrected chi connectivity index (χ4v) is 4.16. The Balaban J connectivity index is 1.55. The van der Waals surface area contributed by atoms with E-state index in [4.69, 9.17) is 10.5 Å². The SMILES string of the molecule is NC1CCC(CC(=O)N2CCOC3CCCCC32)CC1. The minimum Gasteiger partial charge on any atom is -0.374 e. The van der Waals surface area contributed by atoms with Gasteiger partial charge in [0, 0.05) is 19.0 Å².